The predicted molar refractivity (Wildman–Crippen MR) is 79.0 cm³/mol. The number of hydrogen-bond acceptors (Lipinski definition) is 6. The van der Waals surface area contributed by atoms with E-state index < -0.39 is 22.4 Å². The molecule has 0 saturated carbocycles. The second kappa shape index (κ2) is 6.53. The third kappa shape index (κ3) is 3.34. The molecule has 0 aliphatic heterocycles. The van der Waals surface area contributed by atoms with Crippen LogP contribution in [0.2, 0.25) is 5.02 Å². The highest BCUT2D eigenvalue weighted by atomic mass is 35.5. The van der Waals surface area contributed by atoms with Crippen LogP contribution in [0.15, 0.2) is 23.4 Å². The van der Waals surface area contributed by atoms with Gasteiger partial charge in [0.15, 0.2) is 0 Å². The van der Waals surface area contributed by atoms with E-state index in [1.54, 1.807) is 0 Å². The fourth-order valence-corrected chi connectivity index (χ4v) is 2.11. The van der Waals surface area contributed by atoms with Gasteiger partial charge in [-0.1, -0.05) is 22.8 Å². The Hall–Kier alpha value is -2.81. The van der Waals surface area contributed by atoms with E-state index in [1.807, 2.05) is 0 Å². The van der Waals surface area contributed by atoms with Crippen LogP contribution in [-0.2, 0) is 11.9 Å². The molecule has 0 bridgehead atoms. The molecule has 8 nitrogen and oxygen atoms in total. The van der Waals surface area contributed by atoms with E-state index in [2.05, 4.69) is 15.1 Å². The first-order valence-corrected chi connectivity index (χ1v) is 6.57. The minimum absolute atomic E-state index is 0.0607. The SMILES string of the molecule is Cc1nn(C)c(C(=O)O/N=C\c2c(F)cccc2Cl)c1[N+](=O)[O-]. The van der Waals surface area contributed by atoms with Crippen molar-refractivity contribution in [3.05, 3.63) is 56.1 Å². The molecule has 10 heteroatoms. The molecule has 0 spiro atoms. The molecule has 1 heterocycles. The maximum absolute atomic E-state index is 13.5. The Balaban J connectivity index is 2.24. The van der Waals surface area contributed by atoms with Crippen LogP contribution in [-0.4, -0.2) is 26.9 Å². The third-order valence-corrected chi connectivity index (χ3v) is 3.21. The van der Waals surface area contributed by atoms with Crippen molar-refractivity contribution in [1.29, 1.82) is 0 Å². The molecule has 0 unspecified atom stereocenters. The first-order valence-electron chi connectivity index (χ1n) is 6.19. The van der Waals surface area contributed by atoms with Crippen LogP contribution in [0.3, 0.4) is 0 Å². The number of nitrogens with zero attached hydrogens (tertiary/aromatic N) is 4. The number of aryl methyl sites for hydroxylation is 2. The topological polar surface area (TPSA) is 99.6 Å². The normalized spacial score (nSPS) is 11.0. The molecule has 0 fully saturated rings. The second-order valence-electron chi connectivity index (χ2n) is 4.41. The quantitative estimate of drug-likeness (QED) is 0.368. The van der Waals surface area contributed by atoms with E-state index in [0.717, 1.165) is 17.0 Å². The Labute approximate surface area is 134 Å². The fourth-order valence-electron chi connectivity index (χ4n) is 1.90. The number of carbonyl (C=O) groups excluding carboxylic acids is 1. The Morgan fingerprint density at radius 2 is 2.26 bits per heavy atom. The molecule has 0 atom stereocenters. The molecule has 120 valence electrons. The Kier molecular flexibility index (Phi) is 4.70. The van der Waals surface area contributed by atoms with Crippen molar-refractivity contribution in [1.82, 2.24) is 9.78 Å². The number of nitro groups is 1. The number of oxime groups is 1. The maximum atomic E-state index is 13.5. The predicted octanol–water partition coefficient (Wildman–Crippen LogP) is 2.62. The van der Waals surface area contributed by atoms with Gasteiger partial charge < -0.3 is 4.84 Å². The largest absolute Gasteiger partial charge is 0.390 e. The van der Waals surface area contributed by atoms with E-state index >= 15 is 0 Å². The zero-order valence-corrected chi connectivity index (χ0v) is 12.7. The molecule has 0 radical (unpaired) electrons. The van der Waals surface area contributed by atoms with Gasteiger partial charge in [0.05, 0.1) is 21.7 Å². The third-order valence-electron chi connectivity index (χ3n) is 2.88. The minimum atomic E-state index is -1.09. The van der Waals surface area contributed by atoms with Crippen LogP contribution < -0.4 is 0 Å². The average molecular weight is 341 g/mol. The zero-order chi connectivity index (χ0) is 17.1. The van der Waals surface area contributed by atoms with Crippen LogP contribution in [0, 0.1) is 22.9 Å². The molecule has 2 rings (SSSR count). The van der Waals surface area contributed by atoms with E-state index in [0.29, 0.717) is 0 Å². The van der Waals surface area contributed by atoms with Crippen LogP contribution in [0.1, 0.15) is 21.7 Å². The summed E-state index contributed by atoms with van der Waals surface area (Å²) >= 11 is 5.78. The summed E-state index contributed by atoms with van der Waals surface area (Å²) in [6, 6.07) is 4.00. The van der Waals surface area contributed by atoms with Gasteiger partial charge in [-0.05, 0) is 19.1 Å². The monoisotopic (exact) mass is 340 g/mol. The molecule has 1 aromatic carbocycles. The van der Waals surface area contributed by atoms with Gasteiger partial charge >= 0.3 is 11.7 Å². The summed E-state index contributed by atoms with van der Waals surface area (Å²) in [5.74, 6) is -1.75. The van der Waals surface area contributed by atoms with Crippen LogP contribution in [0.4, 0.5) is 10.1 Å². The number of halogens is 2. The molecule has 2 aromatic rings. The number of hydrogen-bond donors (Lipinski definition) is 0. The van der Waals surface area contributed by atoms with Gasteiger partial charge in [-0.2, -0.15) is 5.10 Å². The molecule has 0 saturated heterocycles. The lowest BCUT2D eigenvalue weighted by Crippen LogP contribution is -2.10. The number of benzene rings is 1. The van der Waals surface area contributed by atoms with Crippen molar-refractivity contribution in [2.75, 3.05) is 0 Å². The van der Waals surface area contributed by atoms with Gasteiger partial charge in [0.1, 0.15) is 11.5 Å². The fraction of sp³-hybridized carbons (Fsp3) is 0.154. The van der Waals surface area contributed by atoms with Gasteiger partial charge in [0.25, 0.3) is 0 Å². The van der Waals surface area contributed by atoms with Crippen molar-refractivity contribution < 1.29 is 18.9 Å². The summed E-state index contributed by atoms with van der Waals surface area (Å²) in [6.45, 7) is 1.39. The smallest absolute Gasteiger partial charge is 0.311 e. The molecule has 0 aliphatic carbocycles. The van der Waals surface area contributed by atoms with E-state index in [9.17, 15) is 19.3 Å². The van der Waals surface area contributed by atoms with Crippen LogP contribution >= 0.6 is 11.6 Å². The highest BCUT2D eigenvalue weighted by Crippen LogP contribution is 2.23. The minimum Gasteiger partial charge on any atom is -0.311 e. The van der Waals surface area contributed by atoms with Gasteiger partial charge in [0, 0.05) is 7.05 Å². The van der Waals surface area contributed by atoms with Crippen LogP contribution in [0.25, 0.3) is 0 Å². The van der Waals surface area contributed by atoms with E-state index in [1.165, 1.54) is 26.1 Å². The van der Waals surface area contributed by atoms with Crippen LogP contribution in [0.5, 0.6) is 0 Å². The number of aromatic nitrogens is 2. The van der Waals surface area contributed by atoms with Crippen molar-refractivity contribution >= 4 is 29.5 Å². The first kappa shape index (κ1) is 16.6. The second-order valence-corrected chi connectivity index (χ2v) is 4.82. The van der Waals surface area contributed by atoms with Gasteiger partial charge in [-0.3, -0.25) is 14.8 Å². The summed E-state index contributed by atoms with van der Waals surface area (Å²) in [7, 11) is 1.36. The molecule has 0 N–H and O–H groups in total. The summed E-state index contributed by atoms with van der Waals surface area (Å²) in [6.07, 6.45) is 0.907. The van der Waals surface area contributed by atoms with Crippen molar-refractivity contribution in [3.8, 4) is 0 Å². The van der Waals surface area contributed by atoms with Gasteiger partial charge in [-0.25, -0.2) is 9.18 Å². The van der Waals surface area contributed by atoms with Crippen molar-refractivity contribution in [2.45, 2.75) is 6.92 Å². The zero-order valence-electron chi connectivity index (χ0n) is 12.0. The average Bonchev–Trinajstić information content (AvgIpc) is 2.76. The lowest BCUT2D eigenvalue weighted by molar-refractivity contribution is -0.385. The standard InChI is InChI=1S/C13H10ClFN4O4/c1-7-11(19(21)22)12(18(2)17-7)13(20)23-16-6-8-9(14)4-3-5-10(8)15/h3-6H,1-2H3/b16-6-. The highest BCUT2D eigenvalue weighted by molar-refractivity contribution is 6.33. The van der Waals surface area contributed by atoms with Gasteiger partial charge in [0.2, 0.25) is 5.69 Å². The molecular weight excluding hydrogens is 331 g/mol. The lowest BCUT2D eigenvalue weighted by atomic mass is 10.2. The van der Waals surface area contributed by atoms with E-state index in [4.69, 9.17) is 11.6 Å². The summed E-state index contributed by atoms with van der Waals surface area (Å²) in [5, 5.41) is 18.2. The summed E-state index contributed by atoms with van der Waals surface area (Å²) < 4.78 is 14.5. The maximum Gasteiger partial charge on any atom is 0.390 e. The molecule has 0 amide bonds. The van der Waals surface area contributed by atoms with E-state index in [-0.39, 0.29) is 22.0 Å². The van der Waals surface area contributed by atoms with Gasteiger partial charge in [-0.15, -0.1) is 0 Å². The summed E-state index contributed by atoms with van der Waals surface area (Å²) in [4.78, 5) is 26.7. The Morgan fingerprint density at radius 1 is 1.57 bits per heavy atom. The molecule has 0 aliphatic rings. The molecular formula is C13H10ClFN4O4. The van der Waals surface area contributed by atoms with Crippen molar-refractivity contribution in [2.24, 2.45) is 12.2 Å². The Morgan fingerprint density at radius 3 is 2.87 bits per heavy atom. The first-order chi connectivity index (χ1) is 10.8. The molecule has 23 heavy (non-hydrogen) atoms. The lowest BCUT2D eigenvalue weighted by Gasteiger charge is -2.00. The molecule has 1 aromatic heterocycles. The number of carbonyl (C=O) groups is 1. The van der Waals surface area contributed by atoms with Crippen molar-refractivity contribution in [3.63, 3.8) is 0 Å². The Bertz CT molecular complexity index is 798. The highest BCUT2D eigenvalue weighted by Gasteiger charge is 2.30. The summed E-state index contributed by atoms with van der Waals surface area (Å²) in [5.41, 5.74) is -0.857. The number of rotatable bonds is 4.